The molecule has 1 N–H and O–H groups in total. The number of anilines is 1. The number of aryl methyl sites for hydroxylation is 2. The molecule has 1 aromatic heterocycles. The molecule has 1 aromatic carbocycles. The van der Waals surface area contributed by atoms with Gasteiger partial charge in [-0.3, -0.25) is 0 Å². The van der Waals surface area contributed by atoms with Crippen molar-refractivity contribution in [2.75, 3.05) is 5.32 Å². The Bertz CT molecular complexity index is 555. The molecule has 0 fully saturated rings. The van der Waals surface area contributed by atoms with Gasteiger partial charge in [-0.15, -0.1) is 0 Å². The van der Waals surface area contributed by atoms with Crippen LogP contribution in [0.1, 0.15) is 17.0 Å². The van der Waals surface area contributed by atoms with Crippen LogP contribution in [-0.4, -0.2) is 9.55 Å². The predicted octanol–water partition coefficient (Wildman–Crippen LogP) is 4.06. The first-order valence-electron chi connectivity index (χ1n) is 5.65. The third-order valence-corrected chi connectivity index (χ3v) is 4.52. The van der Waals surface area contributed by atoms with Gasteiger partial charge in [0, 0.05) is 17.2 Å². The molecule has 3 nitrogen and oxygen atoms in total. The van der Waals surface area contributed by atoms with Gasteiger partial charge in [-0.25, -0.2) is 4.98 Å². The fourth-order valence-corrected chi connectivity index (χ4v) is 2.19. The number of hydrogen-bond acceptors (Lipinski definition) is 2. The van der Waals surface area contributed by atoms with Crippen LogP contribution in [0.2, 0.25) is 5.15 Å². The largest absolute Gasteiger partial charge is 0.378 e. The van der Waals surface area contributed by atoms with Gasteiger partial charge in [-0.1, -0.05) is 27.5 Å². The standard InChI is InChI=1S/C13H15BrClN3/c1-8-4-10(5-9(2)13(8)14)16-7-12-17-6-11(15)18(12)3/h4-6,16H,7H2,1-3H3. The van der Waals surface area contributed by atoms with Crippen molar-refractivity contribution in [3.63, 3.8) is 0 Å². The molecule has 5 heteroatoms. The van der Waals surface area contributed by atoms with Crippen molar-refractivity contribution in [2.45, 2.75) is 20.4 Å². The Hall–Kier alpha value is -1.00. The van der Waals surface area contributed by atoms with E-state index >= 15 is 0 Å². The van der Waals surface area contributed by atoms with Gasteiger partial charge in [-0.05, 0) is 37.1 Å². The zero-order chi connectivity index (χ0) is 13.3. The number of aromatic nitrogens is 2. The highest BCUT2D eigenvalue weighted by Gasteiger charge is 2.05. The molecule has 0 saturated carbocycles. The molecule has 18 heavy (non-hydrogen) atoms. The Morgan fingerprint density at radius 1 is 1.33 bits per heavy atom. The van der Waals surface area contributed by atoms with E-state index in [1.54, 1.807) is 6.20 Å². The number of benzene rings is 1. The number of halogens is 2. The smallest absolute Gasteiger partial charge is 0.128 e. The minimum atomic E-state index is 0.648. The molecule has 0 amide bonds. The molecule has 0 aliphatic rings. The maximum Gasteiger partial charge on any atom is 0.128 e. The highest BCUT2D eigenvalue weighted by Crippen LogP contribution is 2.25. The Balaban J connectivity index is 2.13. The normalized spacial score (nSPS) is 10.7. The van der Waals surface area contributed by atoms with E-state index in [0.29, 0.717) is 11.7 Å². The number of nitrogens with one attached hydrogen (secondary N) is 1. The molecule has 1 heterocycles. The topological polar surface area (TPSA) is 29.9 Å². The fourth-order valence-electron chi connectivity index (χ4n) is 1.82. The number of imidazole rings is 1. The van der Waals surface area contributed by atoms with Crippen molar-refractivity contribution in [3.05, 3.63) is 44.9 Å². The Morgan fingerprint density at radius 3 is 2.44 bits per heavy atom. The first-order chi connectivity index (χ1) is 8.49. The van der Waals surface area contributed by atoms with Crippen LogP contribution in [0.4, 0.5) is 5.69 Å². The lowest BCUT2D eigenvalue weighted by Gasteiger charge is -2.10. The maximum atomic E-state index is 5.95. The molecular weight excluding hydrogens is 314 g/mol. The fraction of sp³-hybridized carbons (Fsp3) is 0.308. The van der Waals surface area contributed by atoms with Gasteiger partial charge in [0.1, 0.15) is 11.0 Å². The quantitative estimate of drug-likeness (QED) is 0.920. The Morgan fingerprint density at radius 2 is 1.94 bits per heavy atom. The maximum absolute atomic E-state index is 5.95. The van der Waals surface area contributed by atoms with E-state index in [0.717, 1.165) is 16.0 Å². The first kappa shape index (κ1) is 13.4. The molecule has 0 spiro atoms. The molecular formula is C13H15BrClN3. The van der Waals surface area contributed by atoms with Crippen LogP contribution in [0.15, 0.2) is 22.8 Å². The molecule has 0 bridgehead atoms. The van der Waals surface area contributed by atoms with E-state index in [1.165, 1.54) is 11.1 Å². The second-order valence-electron chi connectivity index (χ2n) is 4.33. The molecule has 0 aliphatic carbocycles. The van der Waals surface area contributed by atoms with Gasteiger partial charge in [-0.2, -0.15) is 0 Å². The van der Waals surface area contributed by atoms with Crippen molar-refractivity contribution in [2.24, 2.45) is 7.05 Å². The average molecular weight is 329 g/mol. The minimum absolute atomic E-state index is 0.648. The van der Waals surface area contributed by atoms with Gasteiger partial charge in [0.2, 0.25) is 0 Å². The summed E-state index contributed by atoms with van der Waals surface area (Å²) >= 11 is 9.51. The zero-order valence-electron chi connectivity index (χ0n) is 10.6. The molecule has 2 rings (SSSR count). The molecule has 0 unspecified atom stereocenters. The Labute approximate surface area is 120 Å². The summed E-state index contributed by atoms with van der Waals surface area (Å²) in [6.07, 6.45) is 1.66. The number of nitrogens with zero attached hydrogens (tertiary/aromatic N) is 2. The van der Waals surface area contributed by atoms with E-state index in [9.17, 15) is 0 Å². The van der Waals surface area contributed by atoms with Crippen LogP contribution in [0, 0.1) is 13.8 Å². The molecule has 96 valence electrons. The van der Waals surface area contributed by atoms with Gasteiger partial charge in [0.05, 0.1) is 12.7 Å². The number of hydrogen-bond donors (Lipinski definition) is 1. The summed E-state index contributed by atoms with van der Waals surface area (Å²) in [5, 5.41) is 4.01. The minimum Gasteiger partial charge on any atom is -0.378 e. The summed E-state index contributed by atoms with van der Waals surface area (Å²) in [5.41, 5.74) is 3.53. The lowest BCUT2D eigenvalue weighted by molar-refractivity contribution is 0.813. The van der Waals surface area contributed by atoms with Gasteiger partial charge in [0.25, 0.3) is 0 Å². The van der Waals surface area contributed by atoms with Gasteiger partial charge >= 0.3 is 0 Å². The van der Waals surface area contributed by atoms with Crippen molar-refractivity contribution in [3.8, 4) is 0 Å². The first-order valence-corrected chi connectivity index (χ1v) is 6.83. The summed E-state index contributed by atoms with van der Waals surface area (Å²) in [6.45, 7) is 4.82. The highest BCUT2D eigenvalue weighted by molar-refractivity contribution is 9.10. The van der Waals surface area contributed by atoms with Crippen LogP contribution < -0.4 is 5.32 Å². The van der Waals surface area contributed by atoms with Crippen LogP contribution in [0.3, 0.4) is 0 Å². The zero-order valence-corrected chi connectivity index (χ0v) is 12.9. The molecule has 0 atom stereocenters. The van der Waals surface area contributed by atoms with Crippen molar-refractivity contribution in [1.82, 2.24) is 9.55 Å². The molecule has 2 aromatic rings. The summed E-state index contributed by atoms with van der Waals surface area (Å²) in [4.78, 5) is 4.25. The SMILES string of the molecule is Cc1cc(NCc2ncc(Cl)n2C)cc(C)c1Br. The third-order valence-electron chi connectivity index (χ3n) is 2.91. The summed E-state index contributed by atoms with van der Waals surface area (Å²) in [6, 6.07) is 4.23. The highest BCUT2D eigenvalue weighted by atomic mass is 79.9. The number of rotatable bonds is 3. The van der Waals surface area contributed by atoms with E-state index in [1.807, 2.05) is 11.6 Å². The average Bonchev–Trinajstić information content (AvgIpc) is 2.64. The van der Waals surface area contributed by atoms with E-state index in [-0.39, 0.29) is 0 Å². The summed E-state index contributed by atoms with van der Waals surface area (Å²) < 4.78 is 3.03. The van der Waals surface area contributed by atoms with Crippen LogP contribution >= 0.6 is 27.5 Å². The molecule has 0 radical (unpaired) electrons. The van der Waals surface area contributed by atoms with E-state index in [2.05, 4.69) is 52.2 Å². The van der Waals surface area contributed by atoms with Crippen LogP contribution in [-0.2, 0) is 13.6 Å². The Kier molecular flexibility index (Phi) is 3.97. The second kappa shape index (κ2) is 5.33. The molecule has 0 aliphatic heterocycles. The lowest BCUT2D eigenvalue weighted by atomic mass is 10.1. The predicted molar refractivity (Wildman–Crippen MR) is 79.2 cm³/mol. The van der Waals surface area contributed by atoms with Crippen molar-refractivity contribution in [1.29, 1.82) is 0 Å². The lowest BCUT2D eigenvalue weighted by Crippen LogP contribution is -2.06. The van der Waals surface area contributed by atoms with Crippen molar-refractivity contribution < 1.29 is 0 Å². The van der Waals surface area contributed by atoms with Gasteiger partial charge in [0.15, 0.2) is 0 Å². The monoisotopic (exact) mass is 327 g/mol. The third kappa shape index (κ3) is 2.70. The van der Waals surface area contributed by atoms with Crippen LogP contribution in [0.25, 0.3) is 0 Å². The van der Waals surface area contributed by atoms with Crippen molar-refractivity contribution >= 4 is 33.2 Å². The summed E-state index contributed by atoms with van der Waals surface area (Å²) in [5.74, 6) is 0.915. The summed E-state index contributed by atoms with van der Waals surface area (Å²) in [7, 11) is 1.91. The van der Waals surface area contributed by atoms with Crippen LogP contribution in [0.5, 0.6) is 0 Å². The van der Waals surface area contributed by atoms with E-state index in [4.69, 9.17) is 11.6 Å². The van der Waals surface area contributed by atoms with Gasteiger partial charge < -0.3 is 9.88 Å². The molecule has 0 saturated heterocycles. The second-order valence-corrected chi connectivity index (χ2v) is 5.51. The van der Waals surface area contributed by atoms with E-state index < -0.39 is 0 Å².